The van der Waals surface area contributed by atoms with Crippen molar-refractivity contribution < 1.29 is 19.4 Å². The summed E-state index contributed by atoms with van der Waals surface area (Å²) in [5, 5.41) is 10.8. The molecule has 0 aromatic rings. The molecule has 6 heteroatoms. The Morgan fingerprint density at radius 2 is 2.21 bits per heavy atom. The zero-order chi connectivity index (χ0) is 10.6. The molecule has 0 aromatic heterocycles. The van der Waals surface area contributed by atoms with Gasteiger partial charge in [0, 0.05) is 0 Å². The Morgan fingerprint density at radius 1 is 1.50 bits per heavy atom. The predicted molar refractivity (Wildman–Crippen MR) is 47.7 cm³/mol. The first kappa shape index (κ1) is 10.8. The number of carbonyl (C=O) groups is 2. The maximum Gasteiger partial charge on any atom is 0.404 e. The van der Waals surface area contributed by atoms with E-state index in [4.69, 9.17) is 15.6 Å². The summed E-state index contributed by atoms with van der Waals surface area (Å²) >= 11 is 0. The average Bonchev–Trinajstić information content (AvgIpc) is 2.06. The molecule has 0 radical (unpaired) electrons. The summed E-state index contributed by atoms with van der Waals surface area (Å²) in [7, 11) is 0. The van der Waals surface area contributed by atoms with Crippen molar-refractivity contribution in [2.45, 2.75) is 31.4 Å². The third-order valence-corrected chi connectivity index (χ3v) is 2.13. The largest absolute Gasteiger partial charge is 0.465 e. The summed E-state index contributed by atoms with van der Waals surface area (Å²) in [6.45, 7) is 0.310. The maximum atomic E-state index is 10.6. The van der Waals surface area contributed by atoms with E-state index in [1.165, 1.54) is 0 Å². The van der Waals surface area contributed by atoms with Crippen molar-refractivity contribution in [3.05, 3.63) is 0 Å². The number of hydrogen-bond acceptors (Lipinski definition) is 3. The van der Waals surface area contributed by atoms with Gasteiger partial charge in [-0.2, -0.15) is 0 Å². The number of hydrogen-bond donors (Lipinski definition) is 3. The van der Waals surface area contributed by atoms with Crippen LogP contribution in [0.4, 0.5) is 4.79 Å². The van der Waals surface area contributed by atoms with Gasteiger partial charge in [-0.3, -0.25) is 4.79 Å². The molecule has 0 aromatic carbocycles. The van der Waals surface area contributed by atoms with E-state index in [1.807, 2.05) is 0 Å². The predicted octanol–water partition coefficient (Wildman–Crippen LogP) is -0.323. The van der Waals surface area contributed by atoms with Crippen LogP contribution in [0.1, 0.15) is 19.3 Å². The molecule has 0 aliphatic carbocycles. The topological polar surface area (TPSA) is 102 Å². The fourth-order valence-corrected chi connectivity index (χ4v) is 1.48. The van der Waals surface area contributed by atoms with Crippen LogP contribution < -0.4 is 11.1 Å². The quantitative estimate of drug-likeness (QED) is 0.583. The molecule has 1 fully saturated rings. The summed E-state index contributed by atoms with van der Waals surface area (Å²) < 4.78 is 5.28. The Hall–Kier alpha value is -1.30. The van der Waals surface area contributed by atoms with Gasteiger partial charge in [-0.05, 0) is 12.8 Å². The van der Waals surface area contributed by atoms with Gasteiger partial charge in [0.05, 0.1) is 25.2 Å². The fraction of sp³-hybridized carbons (Fsp3) is 0.750. The zero-order valence-electron chi connectivity index (χ0n) is 7.73. The van der Waals surface area contributed by atoms with E-state index < -0.39 is 6.09 Å². The lowest BCUT2D eigenvalue weighted by Crippen LogP contribution is -2.42. The molecule has 1 rings (SSSR count). The average molecular weight is 202 g/mol. The molecule has 14 heavy (non-hydrogen) atoms. The van der Waals surface area contributed by atoms with Gasteiger partial charge < -0.3 is 20.9 Å². The minimum atomic E-state index is -1.05. The Morgan fingerprint density at radius 3 is 2.64 bits per heavy atom. The van der Waals surface area contributed by atoms with Gasteiger partial charge in [0.1, 0.15) is 0 Å². The van der Waals surface area contributed by atoms with E-state index in [1.54, 1.807) is 0 Å². The summed E-state index contributed by atoms with van der Waals surface area (Å²) in [6.07, 6.45) is 0.351. The van der Waals surface area contributed by atoms with Crippen molar-refractivity contribution in [2.24, 2.45) is 5.73 Å². The third-order valence-electron chi connectivity index (χ3n) is 2.13. The van der Waals surface area contributed by atoms with Crippen molar-refractivity contribution in [1.82, 2.24) is 5.32 Å². The van der Waals surface area contributed by atoms with E-state index in [0.717, 1.165) is 0 Å². The maximum absolute atomic E-state index is 10.6. The van der Waals surface area contributed by atoms with Gasteiger partial charge in [0.15, 0.2) is 0 Å². The van der Waals surface area contributed by atoms with Crippen molar-refractivity contribution >= 4 is 12.0 Å². The first-order valence-electron chi connectivity index (χ1n) is 4.47. The Balaban J connectivity index is 2.24. The molecule has 2 atom stereocenters. The van der Waals surface area contributed by atoms with E-state index in [0.29, 0.717) is 19.4 Å². The van der Waals surface area contributed by atoms with Crippen LogP contribution in [0.15, 0.2) is 0 Å². The highest BCUT2D eigenvalue weighted by Crippen LogP contribution is 2.15. The lowest BCUT2D eigenvalue weighted by atomic mass is 10.0. The van der Waals surface area contributed by atoms with Gasteiger partial charge in [0.25, 0.3) is 0 Å². The van der Waals surface area contributed by atoms with Crippen molar-refractivity contribution in [3.63, 3.8) is 0 Å². The summed E-state index contributed by atoms with van der Waals surface area (Å²) in [6, 6.07) is -0.170. The van der Waals surface area contributed by atoms with E-state index >= 15 is 0 Å². The molecule has 0 bridgehead atoms. The van der Waals surface area contributed by atoms with Crippen LogP contribution in [0.5, 0.6) is 0 Å². The lowest BCUT2D eigenvalue weighted by Gasteiger charge is -2.28. The number of primary amides is 1. The molecule has 1 heterocycles. The molecular weight excluding hydrogens is 188 g/mol. The van der Waals surface area contributed by atoms with Crippen LogP contribution in [0, 0.1) is 0 Å². The molecule has 0 saturated carbocycles. The smallest absolute Gasteiger partial charge is 0.404 e. The van der Waals surface area contributed by atoms with Crippen LogP contribution in [0.25, 0.3) is 0 Å². The normalized spacial score (nSPS) is 26.9. The van der Waals surface area contributed by atoms with Crippen LogP contribution in [-0.4, -0.2) is 35.9 Å². The van der Waals surface area contributed by atoms with Crippen LogP contribution in [-0.2, 0) is 9.53 Å². The van der Waals surface area contributed by atoms with Crippen LogP contribution in [0.2, 0.25) is 0 Å². The number of rotatable bonds is 3. The SMILES string of the molecule is NC(=O)C[C@@H]1CC[C@@H](NC(=O)O)CO1. The molecule has 6 nitrogen and oxygen atoms in total. The number of carboxylic acid groups (broad SMARTS) is 1. The van der Waals surface area contributed by atoms with Crippen molar-refractivity contribution in [3.8, 4) is 0 Å². The number of nitrogens with two attached hydrogens (primary N) is 1. The molecule has 80 valence electrons. The molecule has 0 unspecified atom stereocenters. The lowest BCUT2D eigenvalue weighted by molar-refractivity contribution is -0.122. The fourth-order valence-electron chi connectivity index (χ4n) is 1.48. The molecule has 0 spiro atoms. The minimum Gasteiger partial charge on any atom is -0.465 e. The molecule has 1 aliphatic rings. The number of carbonyl (C=O) groups excluding carboxylic acids is 1. The second-order valence-corrected chi connectivity index (χ2v) is 3.35. The van der Waals surface area contributed by atoms with Gasteiger partial charge in [0.2, 0.25) is 5.91 Å². The highest BCUT2D eigenvalue weighted by atomic mass is 16.5. The van der Waals surface area contributed by atoms with Gasteiger partial charge in [-0.15, -0.1) is 0 Å². The summed E-state index contributed by atoms with van der Waals surface area (Å²) in [4.78, 5) is 20.8. The molecule has 1 aliphatic heterocycles. The van der Waals surface area contributed by atoms with Gasteiger partial charge in [-0.1, -0.05) is 0 Å². The number of ether oxygens (including phenoxy) is 1. The zero-order valence-corrected chi connectivity index (χ0v) is 7.73. The third kappa shape index (κ3) is 3.61. The summed E-state index contributed by atoms with van der Waals surface area (Å²) in [5.41, 5.74) is 5.01. The molecule has 2 amide bonds. The highest BCUT2D eigenvalue weighted by Gasteiger charge is 2.23. The second kappa shape index (κ2) is 4.80. The van der Waals surface area contributed by atoms with Gasteiger partial charge >= 0.3 is 6.09 Å². The van der Waals surface area contributed by atoms with Crippen molar-refractivity contribution in [2.75, 3.05) is 6.61 Å². The first-order chi connectivity index (χ1) is 6.58. The highest BCUT2D eigenvalue weighted by molar-refractivity contribution is 5.74. The van der Waals surface area contributed by atoms with Crippen molar-refractivity contribution in [1.29, 1.82) is 0 Å². The summed E-state index contributed by atoms with van der Waals surface area (Å²) in [5.74, 6) is -0.389. The number of amides is 2. The Kier molecular flexibility index (Phi) is 3.70. The van der Waals surface area contributed by atoms with Gasteiger partial charge in [-0.25, -0.2) is 4.79 Å². The molecule has 1 saturated heterocycles. The first-order valence-corrected chi connectivity index (χ1v) is 4.47. The minimum absolute atomic E-state index is 0.153. The molecule has 4 N–H and O–H groups in total. The van der Waals surface area contributed by atoms with Crippen LogP contribution in [0.3, 0.4) is 0 Å². The second-order valence-electron chi connectivity index (χ2n) is 3.35. The Bertz CT molecular complexity index is 199. The monoisotopic (exact) mass is 202 g/mol. The van der Waals surface area contributed by atoms with E-state index in [2.05, 4.69) is 5.32 Å². The standard InChI is InChI=1S/C8H14N2O4/c9-7(11)3-6-2-1-5(4-14-6)10-8(12)13/h5-6,10H,1-4H2,(H2,9,11)(H,12,13)/t5-,6+/m1/s1. The number of nitrogens with one attached hydrogen (secondary N) is 1. The van der Waals surface area contributed by atoms with E-state index in [-0.39, 0.29) is 24.5 Å². The Labute approximate surface area is 81.4 Å². The van der Waals surface area contributed by atoms with Crippen LogP contribution >= 0.6 is 0 Å². The molecular formula is C8H14N2O4. The van der Waals surface area contributed by atoms with E-state index in [9.17, 15) is 9.59 Å².